The summed E-state index contributed by atoms with van der Waals surface area (Å²) in [4.78, 5) is 37.5. The molecule has 3 atom stereocenters. The molecule has 0 bridgehead atoms. The second kappa shape index (κ2) is 48.3. The van der Waals surface area contributed by atoms with Gasteiger partial charge in [-0.2, -0.15) is 0 Å². The number of nitrogens with one attached hydrogen (secondary N) is 1. The zero-order valence-corrected chi connectivity index (χ0v) is 46.0. The number of amides is 1. The molecule has 0 aliphatic heterocycles. The topological polar surface area (TPSA) is 111 Å². The maximum atomic E-state index is 13.5. The van der Waals surface area contributed by atoms with Crippen molar-refractivity contribution in [3.63, 3.8) is 0 Å². The van der Waals surface area contributed by atoms with Crippen molar-refractivity contribution in [3.05, 3.63) is 60.8 Å². The van der Waals surface area contributed by atoms with Gasteiger partial charge in [-0.3, -0.25) is 18.6 Å². The first kappa shape index (κ1) is 65.7. The van der Waals surface area contributed by atoms with Crippen LogP contribution in [0, 0.1) is 0 Å². The Bertz CT molecular complexity index is 1350. The van der Waals surface area contributed by atoms with E-state index in [1.165, 1.54) is 135 Å². The minimum atomic E-state index is -4.45. The third kappa shape index (κ3) is 48.7. The highest BCUT2D eigenvalue weighted by Crippen LogP contribution is 2.43. The summed E-state index contributed by atoms with van der Waals surface area (Å²) >= 11 is 0. The number of nitrogens with zero attached hydrogens (tertiary/aromatic N) is 1. The molecule has 0 spiro atoms. The summed E-state index contributed by atoms with van der Waals surface area (Å²) in [5.41, 5.74) is 0. The molecule has 0 saturated heterocycles. The lowest BCUT2D eigenvalue weighted by atomic mass is 10.0. The lowest BCUT2D eigenvalue weighted by Gasteiger charge is -2.27. The van der Waals surface area contributed by atoms with E-state index in [0.29, 0.717) is 23.9 Å². The van der Waals surface area contributed by atoms with Gasteiger partial charge in [0.2, 0.25) is 5.91 Å². The van der Waals surface area contributed by atoms with Crippen molar-refractivity contribution in [1.29, 1.82) is 0 Å². The fraction of sp³-hybridized carbons (Fsp3) is 0.793. The van der Waals surface area contributed by atoms with E-state index in [2.05, 4.69) is 68.6 Å². The molecule has 0 fully saturated rings. The molecule has 2 N–H and O–H groups in total. The number of phosphoric ester groups is 1. The molecule has 10 heteroatoms. The van der Waals surface area contributed by atoms with Crippen molar-refractivity contribution in [2.45, 2.75) is 258 Å². The number of carbonyl (C=O) groups is 2. The van der Waals surface area contributed by atoms with Gasteiger partial charge in [-0.05, 0) is 83.1 Å². The first-order valence-corrected chi connectivity index (χ1v) is 29.6. The van der Waals surface area contributed by atoms with Gasteiger partial charge in [0.25, 0.3) is 0 Å². The Kier molecular flexibility index (Phi) is 46.7. The first-order valence-electron chi connectivity index (χ1n) is 28.1. The van der Waals surface area contributed by atoms with Crippen LogP contribution in [0.1, 0.15) is 245 Å². The number of allylic oxidation sites excluding steroid dienone is 9. The maximum absolute atomic E-state index is 13.5. The highest BCUT2D eigenvalue weighted by Gasteiger charge is 2.30. The second-order valence-electron chi connectivity index (χ2n) is 20.1. The van der Waals surface area contributed by atoms with Gasteiger partial charge in [0, 0.05) is 12.8 Å². The van der Waals surface area contributed by atoms with Crippen LogP contribution in [0.5, 0.6) is 0 Å². The molecule has 0 aliphatic rings. The Morgan fingerprint density at radius 2 is 0.912 bits per heavy atom. The first-order chi connectivity index (χ1) is 32.9. The smallest absolute Gasteiger partial charge is 0.456 e. The molecule has 0 aromatic rings. The number of quaternary nitrogens is 1. The third-order valence-electron chi connectivity index (χ3n) is 12.2. The molecule has 1 amide bonds. The molecule has 0 saturated carbocycles. The average Bonchev–Trinajstić information content (AvgIpc) is 3.29. The Morgan fingerprint density at radius 3 is 1.38 bits per heavy atom. The number of carbonyl (C=O) groups excluding carboxylic acids is 2. The summed E-state index contributed by atoms with van der Waals surface area (Å²) in [5, 5.41) is 3.03. The lowest BCUT2D eigenvalue weighted by Crippen LogP contribution is -2.47. The van der Waals surface area contributed by atoms with Crippen LogP contribution in [-0.2, 0) is 27.9 Å². The summed E-state index contributed by atoms with van der Waals surface area (Å²) in [6, 6.07) is -0.874. The van der Waals surface area contributed by atoms with Gasteiger partial charge < -0.3 is 19.4 Å². The minimum absolute atomic E-state index is 0.0298. The zero-order chi connectivity index (χ0) is 50.1. The largest absolute Gasteiger partial charge is 0.472 e. The Morgan fingerprint density at radius 1 is 0.515 bits per heavy atom. The van der Waals surface area contributed by atoms with Gasteiger partial charge in [0.05, 0.1) is 33.8 Å². The summed E-state index contributed by atoms with van der Waals surface area (Å²) in [7, 11) is 1.46. The molecule has 9 nitrogen and oxygen atoms in total. The Hall–Kier alpha value is -2.29. The van der Waals surface area contributed by atoms with Gasteiger partial charge in [0.15, 0.2) is 0 Å². The van der Waals surface area contributed by atoms with Crippen LogP contribution in [0.15, 0.2) is 60.8 Å². The van der Waals surface area contributed by atoms with Gasteiger partial charge in [0.1, 0.15) is 19.3 Å². The standard InChI is InChI=1S/C58H107N2O7P/c1-7-10-13-16-19-22-25-28-29-30-31-33-35-38-41-44-47-50-57(61)59-55(54-66-68(63,64)65-53-52-60(4,5)6)56(49-46-43-40-37-34-27-24-21-18-15-12-9-3)67-58(62)51-48-45-42-39-36-32-26-23-20-17-14-11-8-2/h19,22,28-29,32,36,42,45-46,49,55-56H,7-18,20-21,23-27,30-31,33-35,37-41,43-44,47-48,50-54H2,1-6H3,(H-,59,61,63,64)/p+1/b22-19-,29-28-,36-32-,45-42+,49-46-. The van der Waals surface area contributed by atoms with Crippen molar-refractivity contribution in [1.82, 2.24) is 5.32 Å². The molecule has 68 heavy (non-hydrogen) atoms. The molecule has 0 heterocycles. The summed E-state index contributed by atoms with van der Waals surface area (Å²) < 4.78 is 30.5. The molecule has 0 aliphatic carbocycles. The second-order valence-corrected chi connectivity index (χ2v) is 21.6. The van der Waals surface area contributed by atoms with Crippen molar-refractivity contribution in [2.75, 3.05) is 40.9 Å². The van der Waals surface area contributed by atoms with Gasteiger partial charge in [-0.15, -0.1) is 0 Å². The number of ether oxygens (including phenoxy) is 1. The van der Waals surface area contributed by atoms with Crippen LogP contribution in [0.25, 0.3) is 0 Å². The predicted molar refractivity (Wildman–Crippen MR) is 291 cm³/mol. The van der Waals surface area contributed by atoms with Gasteiger partial charge in [-0.1, -0.05) is 210 Å². The molecule has 0 aromatic heterocycles. The van der Waals surface area contributed by atoms with E-state index in [1.54, 1.807) is 0 Å². The van der Waals surface area contributed by atoms with E-state index in [0.717, 1.165) is 70.6 Å². The minimum Gasteiger partial charge on any atom is -0.456 e. The van der Waals surface area contributed by atoms with Crippen molar-refractivity contribution in [2.24, 2.45) is 0 Å². The van der Waals surface area contributed by atoms with Gasteiger partial charge >= 0.3 is 13.8 Å². The van der Waals surface area contributed by atoms with Crippen LogP contribution in [0.3, 0.4) is 0 Å². The van der Waals surface area contributed by atoms with Gasteiger partial charge in [-0.25, -0.2) is 4.57 Å². The highest BCUT2D eigenvalue weighted by molar-refractivity contribution is 7.47. The molecule has 0 radical (unpaired) electrons. The molecule has 3 unspecified atom stereocenters. The van der Waals surface area contributed by atoms with Crippen LogP contribution in [0.4, 0.5) is 0 Å². The van der Waals surface area contributed by atoms with E-state index in [1.807, 2.05) is 39.4 Å². The quantitative estimate of drug-likeness (QED) is 0.0205. The normalized spacial score (nSPS) is 14.3. The number of hydrogen-bond donors (Lipinski definition) is 2. The molecular formula is C58H108N2O7P+. The average molecular weight is 976 g/mol. The summed E-state index contributed by atoms with van der Waals surface area (Å²) in [6.45, 7) is 6.93. The number of rotatable bonds is 50. The van der Waals surface area contributed by atoms with Crippen molar-refractivity contribution in [3.8, 4) is 0 Å². The van der Waals surface area contributed by atoms with Crippen LogP contribution >= 0.6 is 7.82 Å². The van der Waals surface area contributed by atoms with E-state index in [9.17, 15) is 19.0 Å². The molecule has 396 valence electrons. The maximum Gasteiger partial charge on any atom is 0.472 e. The fourth-order valence-electron chi connectivity index (χ4n) is 7.79. The SMILES string of the molecule is CCCCC/C=C\C/C=C\CCCCCCCCCC(=O)NC(COP(=O)(O)OCC[N+](C)(C)C)C(/C=C\CCCCCCCCCCCC)OC(=O)CC/C=C/C/C=C\CCCCCCCC. The number of hydrogen-bond acceptors (Lipinski definition) is 6. The van der Waals surface area contributed by atoms with Crippen LogP contribution in [0.2, 0.25) is 0 Å². The number of esters is 1. The highest BCUT2D eigenvalue weighted by atomic mass is 31.2. The molecular weight excluding hydrogens is 868 g/mol. The van der Waals surface area contributed by atoms with Crippen LogP contribution in [-0.4, -0.2) is 74.3 Å². The summed E-state index contributed by atoms with van der Waals surface area (Å²) in [5.74, 6) is -0.592. The fourth-order valence-corrected chi connectivity index (χ4v) is 8.52. The predicted octanol–water partition coefficient (Wildman–Crippen LogP) is 16.7. The third-order valence-corrected chi connectivity index (χ3v) is 13.2. The van der Waals surface area contributed by atoms with E-state index >= 15 is 0 Å². The van der Waals surface area contributed by atoms with E-state index in [-0.39, 0.29) is 25.5 Å². The Labute approximate surface area is 420 Å². The van der Waals surface area contributed by atoms with Crippen LogP contribution < -0.4 is 5.32 Å². The van der Waals surface area contributed by atoms with Crippen molar-refractivity contribution < 1.29 is 37.3 Å². The number of unbranched alkanes of at least 4 members (excludes halogenated alkanes) is 26. The zero-order valence-electron chi connectivity index (χ0n) is 45.1. The molecule has 0 aromatic carbocycles. The van der Waals surface area contributed by atoms with E-state index in [4.69, 9.17) is 13.8 Å². The number of likely N-dealkylation sites (N-methyl/N-ethyl adjacent to an activating group) is 1. The monoisotopic (exact) mass is 976 g/mol. The lowest BCUT2D eigenvalue weighted by molar-refractivity contribution is -0.870. The summed E-state index contributed by atoms with van der Waals surface area (Å²) in [6.07, 6.45) is 59.4. The van der Waals surface area contributed by atoms with Crippen molar-refractivity contribution >= 4 is 19.7 Å². The van der Waals surface area contributed by atoms with E-state index < -0.39 is 25.9 Å². The Balaban J connectivity index is 5.43. The number of phosphoric acid groups is 1. The molecule has 0 rings (SSSR count).